The second-order valence-electron chi connectivity index (χ2n) is 5.35. The summed E-state index contributed by atoms with van der Waals surface area (Å²) in [7, 11) is 0. The summed E-state index contributed by atoms with van der Waals surface area (Å²) in [5.41, 5.74) is 0.139. The van der Waals surface area contributed by atoms with E-state index in [-0.39, 0.29) is 18.2 Å². The minimum absolute atomic E-state index is 0.139. The quantitative estimate of drug-likeness (QED) is 0.845. The molecule has 0 heterocycles. The fraction of sp³-hybridized carbons (Fsp3) is 0.562. The molecule has 0 aliphatic heterocycles. The number of nitrogens with one attached hydrogen (secondary N) is 1. The van der Waals surface area contributed by atoms with Crippen molar-refractivity contribution < 1.29 is 18.3 Å². The molecule has 1 aromatic rings. The molecule has 0 amide bonds. The van der Waals surface area contributed by atoms with Gasteiger partial charge in [-0.05, 0) is 25.8 Å². The molecule has 1 N–H and O–H groups in total. The van der Waals surface area contributed by atoms with Crippen molar-refractivity contribution in [2.75, 3.05) is 6.61 Å². The first-order valence-corrected chi connectivity index (χ1v) is 7.49. The lowest BCUT2D eigenvalue weighted by atomic mass is 9.94. The van der Waals surface area contributed by atoms with E-state index >= 15 is 0 Å². The minimum atomic E-state index is -0.881. The Morgan fingerprint density at radius 2 is 2.05 bits per heavy atom. The lowest BCUT2D eigenvalue weighted by molar-refractivity contribution is -0.146. The second-order valence-corrected chi connectivity index (χ2v) is 5.35. The van der Waals surface area contributed by atoms with Crippen molar-refractivity contribution in [3.05, 3.63) is 35.4 Å². The highest BCUT2D eigenvalue weighted by molar-refractivity contribution is 5.77. The Morgan fingerprint density at radius 3 is 2.67 bits per heavy atom. The van der Waals surface area contributed by atoms with Gasteiger partial charge in [0, 0.05) is 17.7 Å². The average Bonchev–Trinajstić information content (AvgIpc) is 2.47. The normalized spacial score (nSPS) is 17.5. The SMILES string of the molecule is CCOC(=O)C(NC1CCCCC1)c1ccc(F)cc1F. The number of hydrogen-bond acceptors (Lipinski definition) is 3. The lowest BCUT2D eigenvalue weighted by Gasteiger charge is -2.27. The topological polar surface area (TPSA) is 38.3 Å². The van der Waals surface area contributed by atoms with Crippen molar-refractivity contribution in [1.82, 2.24) is 5.32 Å². The Kier molecular flexibility index (Phi) is 5.67. The van der Waals surface area contributed by atoms with Crippen LogP contribution in [-0.4, -0.2) is 18.6 Å². The third-order valence-corrected chi connectivity index (χ3v) is 3.80. The van der Waals surface area contributed by atoms with Gasteiger partial charge in [-0.25, -0.2) is 13.6 Å². The summed E-state index contributed by atoms with van der Waals surface area (Å²) in [6.07, 6.45) is 5.29. The van der Waals surface area contributed by atoms with Gasteiger partial charge in [-0.3, -0.25) is 5.32 Å². The molecule has 0 radical (unpaired) electrons. The Morgan fingerprint density at radius 1 is 1.33 bits per heavy atom. The number of esters is 1. The van der Waals surface area contributed by atoms with Gasteiger partial charge in [0.2, 0.25) is 0 Å². The average molecular weight is 297 g/mol. The summed E-state index contributed by atoms with van der Waals surface area (Å²) in [5.74, 6) is -1.90. The molecule has 1 unspecified atom stereocenters. The van der Waals surface area contributed by atoms with Crippen molar-refractivity contribution in [2.24, 2.45) is 0 Å². The zero-order valence-electron chi connectivity index (χ0n) is 12.2. The van der Waals surface area contributed by atoms with Crippen LogP contribution in [-0.2, 0) is 9.53 Å². The molecule has 1 atom stereocenters. The van der Waals surface area contributed by atoms with E-state index in [1.54, 1.807) is 6.92 Å². The van der Waals surface area contributed by atoms with E-state index in [4.69, 9.17) is 4.74 Å². The first-order chi connectivity index (χ1) is 10.1. The van der Waals surface area contributed by atoms with Crippen LogP contribution in [0.4, 0.5) is 8.78 Å². The van der Waals surface area contributed by atoms with Gasteiger partial charge in [-0.2, -0.15) is 0 Å². The van der Waals surface area contributed by atoms with E-state index < -0.39 is 23.6 Å². The van der Waals surface area contributed by atoms with E-state index in [9.17, 15) is 13.6 Å². The van der Waals surface area contributed by atoms with Crippen LogP contribution < -0.4 is 5.32 Å². The van der Waals surface area contributed by atoms with Crippen LogP contribution >= 0.6 is 0 Å². The van der Waals surface area contributed by atoms with Crippen LogP contribution in [0, 0.1) is 11.6 Å². The van der Waals surface area contributed by atoms with Gasteiger partial charge >= 0.3 is 5.97 Å². The number of benzene rings is 1. The zero-order chi connectivity index (χ0) is 15.2. The Labute approximate surface area is 123 Å². The summed E-state index contributed by atoms with van der Waals surface area (Å²) in [5, 5.41) is 3.18. The first-order valence-electron chi connectivity index (χ1n) is 7.49. The number of carbonyl (C=O) groups is 1. The van der Waals surface area contributed by atoms with E-state index in [2.05, 4.69) is 5.32 Å². The van der Waals surface area contributed by atoms with Gasteiger partial charge < -0.3 is 4.74 Å². The van der Waals surface area contributed by atoms with E-state index in [0.29, 0.717) is 0 Å². The molecule has 1 fully saturated rings. The molecule has 3 nitrogen and oxygen atoms in total. The van der Waals surface area contributed by atoms with Crippen LogP contribution in [0.5, 0.6) is 0 Å². The third kappa shape index (κ3) is 4.24. The summed E-state index contributed by atoms with van der Waals surface area (Å²) in [4.78, 5) is 12.1. The Bertz CT molecular complexity index is 487. The van der Waals surface area contributed by atoms with Crippen molar-refractivity contribution in [2.45, 2.75) is 51.1 Å². The largest absolute Gasteiger partial charge is 0.465 e. The number of halogens is 2. The van der Waals surface area contributed by atoms with E-state index in [0.717, 1.165) is 37.8 Å². The standard InChI is InChI=1S/C16H21F2NO2/c1-2-21-16(20)15(19-12-6-4-3-5-7-12)13-9-8-11(17)10-14(13)18/h8-10,12,15,19H,2-7H2,1H3. The molecule has 0 spiro atoms. The molecule has 0 bridgehead atoms. The van der Waals surface area contributed by atoms with Crippen LogP contribution in [0.25, 0.3) is 0 Å². The molecule has 21 heavy (non-hydrogen) atoms. The van der Waals surface area contributed by atoms with Gasteiger partial charge in [-0.1, -0.05) is 25.3 Å². The predicted molar refractivity (Wildman–Crippen MR) is 75.7 cm³/mol. The molecule has 0 aromatic heterocycles. The van der Waals surface area contributed by atoms with Crippen LogP contribution in [0.2, 0.25) is 0 Å². The van der Waals surface area contributed by atoms with Crippen LogP contribution in [0.15, 0.2) is 18.2 Å². The number of rotatable bonds is 5. The van der Waals surface area contributed by atoms with Crippen LogP contribution in [0.3, 0.4) is 0 Å². The zero-order valence-corrected chi connectivity index (χ0v) is 12.2. The Balaban J connectivity index is 2.19. The fourth-order valence-electron chi connectivity index (χ4n) is 2.75. The van der Waals surface area contributed by atoms with E-state index in [1.807, 2.05) is 0 Å². The molecule has 1 aliphatic carbocycles. The lowest BCUT2D eigenvalue weighted by Crippen LogP contribution is -2.39. The number of ether oxygens (including phenoxy) is 1. The summed E-state index contributed by atoms with van der Waals surface area (Å²) < 4.78 is 32.0. The molecular weight excluding hydrogens is 276 g/mol. The first kappa shape index (κ1) is 15.9. The summed E-state index contributed by atoms with van der Waals surface area (Å²) in [6, 6.07) is 2.55. The van der Waals surface area contributed by atoms with E-state index in [1.165, 1.54) is 12.5 Å². The van der Waals surface area contributed by atoms with Gasteiger partial charge in [0.25, 0.3) is 0 Å². The Hall–Kier alpha value is -1.49. The third-order valence-electron chi connectivity index (χ3n) is 3.80. The predicted octanol–water partition coefficient (Wildman–Crippen LogP) is 3.49. The highest BCUT2D eigenvalue weighted by atomic mass is 19.1. The highest BCUT2D eigenvalue weighted by Gasteiger charge is 2.28. The highest BCUT2D eigenvalue weighted by Crippen LogP contribution is 2.24. The van der Waals surface area contributed by atoms with Crippen molar-refractivity contribution in [3.63, 3.8) is 0 Å². The molecule has 116 valence electrons. The fourth-order valence-corrected chi connectivity index (χ4v) is 2.75. The smallest absolute Gasteiger partial charge is 0.327 e. The summed E-state index contributed by atoms with van der Waals surface area (Å²) >= 11 is 0. The van der Waals surface area contributed by atoms with Crippen molar-refractivity contribution >= 4 is 5.97 Å². The summed E-state index contributed by atoms with van der Waals surface area (Å²) in [6.45, 7) is 1.93. The molecule has 1 aromatic carbocycles. The van der Waals surface area contributed by atoms with Gasteiger partial charge in [0.1, 0.15) is 17.7 Å². The molecular formula is C16H21F2NO2. The van der Waals surface area contributed by atoms with Gasteiger partial charge in [0.05, 0.1) is 6.61 Å². The van der Waals surface area contributed by atoms with Gasteiger partial charge in [0.15, 0.2) is 0 Å². The second kappa shape index (κ2) is 7.50. The molecule has 2 rings (SSSR count). The molecule has 1 saturated carbocycles. The maximum absolute atomic E-state index is 14.0. The maximum Gasteiger partial charge on any atom is 0.327 e. The molecule has 1 aliphatic rings. The molecule has 5 heteroatoms. The monoisotopic (exact) mass is 297 g/mol. The number of hydrogen-bond donors (Lipinski definition) is 1. The van der Waals surface area contributed by atoms with Crippen molar-refractivity contribution in [3.8, 4) is 0 Å². The maximum atomic E-state index is 14.0. The van der Waals surface area contributed by atoms with Crippen molar-refractivity contribution in [1.29, 1.82) is 0 Å². The molecule has 0 saturated heterocycles. The van der Waals surface area contributed by atoms with Gasteiger partial charge in [-0.15, -0.1) is 0 Å². The minimum Gasteiger partial charge on any atom is -0.465 e. The number of carbonyl (C=O) groups excluding carboxylic acids is 1. The van der Waals surface area contributed by atoms with Crippen LogP contribution in [0.1, 0.15) is 50.6 Å².